The molecule has 4 nitrogen and oxygen atoms in total. The third-order valence-electron chi connectivity index (χ3n) is 4.39. The van der Waals surface area contributed by atoms with Crippen molar-refractivity contribution in [3.8, 4) is 5.75 Å². The minimum atomic E-state index is -0.169. The molecule has 2 atom stereocenters. The van der Waals surface area contributed by atoms with E-state index in [-0.39, 0.29) is 23.8 Å². The lowest BCUT2D eigenvalue weighted by molar-refractivity contribution is -0.123. The van der Waals surface area contributed by atoms with Crippen LogP contribution in [0.15, 0.2) is 41.8 Å². The number of nitrogens with one attached hydrogen (secondary N) is 1. The van der Waals surface area contributed by atoms with E-state index >= 15 is 0 Å². The smallest absolute Gasteiger partial charge is 0.227 e. The topological polar surface area (TPSA) is 41.6 Å². The van der Waals surface area contributed by atoms with Gasteiger partial charge in [0, 0.05) is 11.4 Å². The molecule has 0 aliphatic carbocycles. The predicted octanol–water partition coefficient (Wildman–Crippen LogP) is 3.92. The van der Waals surface area contributed by atoms with Gasteiger partial charge in [0.15, 0.2) is 0 Å². The summed E-state index contributed by atoms with van der Waals surface area (Å²) in [5.41, 5.74) is 1.02. The summed E-state index contributed by atoms with van der Waals surface area (Å²) < 4.78 is 5.21. The second-order valence-corrected chi connectivity index (χ2v) is 7.71. The lowest BCUT2D eigenvalue weighted by Crippen LogP contribution is -2.38. The van der Waals surface area contributed by atoms with E-state index in [0.717, 1.165) is 11.3 Å². The summed E-state index contributed by atoms with van der Waals surface area (Å²) in [6, 6.07) is 12.1. The molecule has 0 saturated heterocycles. The summed E-state index contributed by atoms with van der Waals surface area (Å²) in [7, 11) is 5.73. The molecule has 0 bridgehead atoms. The zero-order valence-electron chi connectivity index (χ0n) is 15.7. The number of ether oxygens (including phenoxy) is 1. The Morgan fingerprint density at radius 1 is 1.20 bits per heavy atom. The van der Waals surface area contributed by atoms with Crippen LogP contribution in [0.3, 0.4) is 0 Å². The van der Waals surface area contributed by atoms with Gasteiger partial charge in [-0.3, -0.25) is 4.79 Å². The van der Waals surface area contributed by atoms with Gasteiger partial charge in [-0.2, -0.15) is 0 Å². The van der Waals surface area contributed by atoms with E-state index < -0.39 is 0 Å². The Morgan fingerprint density at radius 2 is 1.88 bits per heavy atom. The molecule has 0 aliphatic heterocycles. The quantitative estimate of drug-likeness (QED) is 0.776. The van der Waals surface area contributed by atoms with Crippen molar-refractivity contribution in [3.63, 3.8) is 0 Å². The summed E-state index contributed by atoms with van der Waals surface area (Å²) in [5.74, 6) is 0.922. The van der Waals surface area contributed by atoms with Gasteiger partial charge in [0.1, 0.15) is 5.75 Å². The number of hydrogen-bond donors (Lipinski definition) is 1. The molecule has 0 radical (unpaired) electrons. The van der Waals surface area contributed by atoms with Crippen molar-refractivity contribution in [2.75, 3.05) is 27.7 Å². The van der Waals surface area contributed by atoms with Crippen molar-refractivity contribution >= 4 is 17.2 Å². The van der Waals surface area contributed by atoms with Gasteiger partial charge in [0.05, 0.1) is 19.1 Å². The molecule has 2 rings (SSSR count). The van der Waals surface area contributed by atoms with Crippen molar-refractivity contribution in [1.29, 1.82) is 0 Å². The van der Waals surface area contributed by atoms with Crippen LogP contribution in [0.4, 0.5) is 0 Å². The normalized spacial score (nSPS) is 13.7. The summed E-state index contributed by atoms with van der Waals surface area (Å²) >= 11 is 1.72. The van der Waals surface area contributed by atoms with Crippen molar-refractivity contribution in [2.45, 2.75) is 25.8 Å². The molecule has 5 heteroatoms. The molecule has 0 spiro atoms. The summed E-state index contributed by atoms with van der Waals surface area (Å²) in [5, 5.41) is 5.23. The van der Waals surface area contributed by atoms with Gasteiger partial charge in [0.2, 0.25) is 5.91 Å². The van der Waals surface area contributed by atoms with E-state index in [1.807, 2.05) is 44.4 Å². The second-order valence-electron chi connectivity index (χ2n) is 6.73. The lowest BCUT2D eigenvalue weighted by atomic mass is 9.87. The monoisotopic (exact) mass is 360 g/mol. The Kier molecular flexibility index (Phi) is 7.02. The van der Waals surface area contributed by atoms with Crippen LogP contribution >= 0.6 is 11.3 Å². The molecule has 2 aromatic rings. The average molecular weight is 361 g/mol. The van der Waals surface area contributed by atoms with E-state index in [0.29, 0.717) is 6.54 Å². The maximum Gasteiger partial charge on any atom is 0.227 e. The molecule has 1 aromatic heterocycles. The molecule has 136 valence electrons. The summed E-state index contributed by atoms with van der Waals surface area (Å²) in [6.45, 7) is 4.76. The largest absolute Gasteiger partial charge is 0.497 e. The number of nitrogens with zero attached hydrogens (tertiary/aromatic N) is 1. The Morgan fingerprint density at radius 3 is 2.36 bits per heavy atom. The first-order valence-corrected chi connectivity index (χ1v) is 9.43. The van der Waals surface area contributed by atoms with Crippen molar-refractivity contribution in [1.82, 2.24) is 10.2 Å². The Labute approximate surface area is 154 Å². The number of amides is 1. The van der Waals surface area contributed by atoms with Gasteiger partial charge in [-0.15, -0.1) is 11.3 Å². The summed E-state index contributed by atoms with van der Waals surface area (Å²) in [6.07, 6.45) is 0. The van der Waals surface area contributed by atoms with Gasteiger partial charge in [0.25, 0.3) is 0 Å². The zero-order valence-corrected chi connectivity index (χ0v) is 16.5. The second kappa shape index (κ2) is 9.02. The number of carbonyl (C=O) groups is 1. The molecule has 25 heavy (non-hydrogen) atoms. The van der Waals surface area contributed by atoms with Gasteiger partial charge >= 0.3 is 0 Å². The Hall–Kier alpha value is -1.85. The SMILES string of the molecule is COc1ccc(C(C(=O)NCC(c2cccs2)N(C)C)C(C)C)cc1. The Balaban J connectivity index is 2.09. The van der Waals surface area contributed by atoms with Crippen LogP contribution in [-0.4, -0.2) is 38.6 Å². The highest BCUT2D eigenvalue weighted by Crippen LogP contribution is 2.27. The number of thiophene rings is 1. The minimum absolute atomic E-state index is 0.0728. The highest BCUT2D eigenvalue weighted by atomic mass is 32.1. The van der Waals surface area contributed by atoms with Gasteiger partial charge in [-0.05, 0) is 49.2 Å². The molecule has 0 aliphatic rings. The van der Waals surface area contributed by atoms with Crippen LogP contribution in [0.1, 0.15) is 36.2 Å². The molecule has 1 amide bonds. The number of benzene rings is 1. The van der Waals surface area contributed by atoms with Crippen molar-refractivity contribution < 1.29 is 9.53 Å². The van der Waals surface area contributed by atoms with Gasteiger partial charge in [-0.25, -0.2) is 0 Å². The number of methoxy groups -OCH3 is 1. The van der Waals surface area contributed by atoms with Gasteiger partial charge in [-0.1, -0.05) is 32.0 Å². The molecule has 0 saturated carbocycles. The molecule has 1 N–H and O–H groups in total. The molecule has 0 fully saturated rings. The summed E-state index contributed by atoms with van der Waals surface area (Å²) in [4.78, 5) is 16.3. The first kappa shape index (κ1) is 19.5. The van der Waals surface area contributed by atoms with Crippen LogP contribution in [0.5, 0.6) is 5.75 Å². The molecular formula is C20H28N2O2S. The fourth-order valence-electron chi connectivity index (χ4n) is 2.98. The maximum atomic E-state index is 12.9. The molecule has 1 aromatic carbocycles. The van der Waals surface area contributed by atoms with Crippen LogP contribution in [0.25, 0.3) is 0 Å². The zero-order chi connectivity index (χ0) is 18.4. The van der Waals surface area contributed by atoms with Crippen LogP contribution < -0.4 is 10.1 Å². The fraction of sp³-hybridized carbons (Fsp3) is 0.450. The molecule has 2 unspecified atom stereocenters. The number of hydrogen-bond acceptors (Lipinski definition) is 4. The fourth-order valence-corrected chi connectivity index (χ4v) is 3.90. The first-order chi connectivity index (χ1) is 11.9. The standard InChI is InChI=1S/C20H28N2O2S/c1-14(2)19(15-8-10-16(24-5)11-9-15)20(23)21-13-17(22(3)4)18-7-6-12-25-18/h6-12,14,17,19H,13H2,1-5H3,(H,21,23). The van der Waals surface area contributed by atoms with E-state index in [9.17, 15) is 4.79 Å². The van der Waals surface area contributed by atoms with Crippen molar-refractivity contribution in [3.05, 3.63) is 52.2 Å². The van der Waals surface area contributed by atoms with Crippen LogP contribution in [0, 0.1) is 5.92 Å². The molecule has 1 heterocycles. The van der Waals surface area contributed by atoms with E-state index in [2.05, 4.69) is 35.5 Å². The Bertz CT molecular complexity index is 651. The third kappa shape index (κ3) is 5.06. The number of rotatable bonds is 8. The van der Waals surface area contributed by atoms with Crippen molar-refractivity contribution in [2.24, 2.45) is 5.92 Å². The minimum Gasteiger partial charge on any atom is -0.497 e. The van der Waals surface area contributed by atoms with E-state index in [1.165, 1.54) is 4.88 Å². The maximum absolute atomic E-state index is 12.9. The lowest BCUT2D eigenvalue weighted by Gasteiger charge is -2.26. The van der Waals surface area contributed by atoms with E-state index in [1.54, 1.807) is 18.4 Å². The number of likely N-dealkylation sites (N-methyl/N-ethyl adjacent to an activating group) is 1. The third-order valence-corrected chi connectivity index (χ3v) is 5.36. The van der Waals surface area contributed by atoms with Crippen LogP contribution in [-0.2, 0) is 4.79 Å². The van der Waals surface area contributed by atoms with Gasteiger partial charge < -0.3 is 15.0 Å². The highest BCUT2D eigenvalue weighted by Gasteiger charge is 2.25. The number of carbonyl (C=O) groups excluding carboxylic acids is 1. The first-order valence-electron chi connectivity index (χ1n) is 8.55. The van der Waals surface area contributed by atoms with Crippen LogP contribution in [0.2, 0.25) is 0 Å². The average Bonchev–Trinajstić information content (AvgIpc) is 3.09. The highest BCUT2D eigenvalue weighted by molar-refractivity contribution is 7.10. The predicted molar refractivity (Wildman–Crippen MR) is 104 cm³/mol. The molecular weight excluding hydrogens is 332 g/mol. The van der Waals surface area contributed by atoms with E-state index in [4.69, 9.17) is 4.74 Å².